The van der Waals surface area contributed by atoms with Gasteiger partial charge in [-0.15, -0.1) is 0 Å². The van der Waals surface area contributed by atoms with Gasteiger partial charge < -0.3 is 10.2 Å². The summed E-state index contributed by atoms with van der Waals surface area (Å²) in [6.07, 6.45) is 3.49. The summed E-state index contributed by atoms with van der Waals surface area (Å²) in [6.45, 7) is 2.67. The van der Waals surface area contributed by atoms with Gasteiger partial charge in [0, 0.05) is 16.7 Å². The van der Waals surface area contributed by atoms with Crippen molar-refractivity contribution in [2.45, 2.75) is 63.4 Å². The Hall–Kier alpha value is -1.40. The number of aliphatic hydroxyl groups excluding tert-OH is 1. The average Bonchev–Trinajstić information content (AvgIpc) is 2.91. The van der Waals surface area contributed by atoms with Crippen LogP contribution in [0.1, 0.15) is 46.0 Å². The molecule has 0 radical (unpaired) electrons. The van der Waals surface area contributed by atoms with Crippen molar-refractivity contribution in [3.63, 3.8) is 0 Å². The Morgan fingerprint density at radius 3 is 2.63 bits per heavy atom. The maximum Gasteiger partial charge on any atom is 0.190 e. The average molecular weight is 380 g/mol. The fourth-order valence-corrected chi connectivity index (χ4v) is 6.68. The summed E-state index contributed by atoms with van der Waals surface area (Å²) in [4.78, 5) is 24.1. The monoisotopic (exact) mass is 380 g/mol. The minimum absolute atomic E-state index is 0.0529. The molecule has 0 aromatic rings. The lowest BCUT2D eigenvalue weighted by Crippen LogP contribution is -2.64. The van der Waals surface area contributed by atoms with Crippen LogP contribution in [-0.2, 0) is 9.59 Å². The van der Waals surface area contributed by atoms with Gasteiger partial charge in [0.1, 0.15) is 24.0 Å². The normalized spacial score (nSPS) is 51.3. The largest absolute Gasteiger partial charge is 0.388 e. The molecule has 7 atom stereocenters. The molecular formula is C21H26F2O4. The Labute approximate surface area is 157 Å². The van der Waals surface area contributed by atoms with Crippen molar-refractivity contribution in [1.82, 2.24) is 0 Å². The van der Waals surface area contributed by atoms with Gasteiger partial charge in [-0.2, -0.15) is 0 Å². The fraction of sp³-hybridized carbons (Fsp3) is 0.714. The number of rotatable bonds is 2. The summed E-state index contributed by atoms with van der Waals surface area (Å²) in [6, 6.07) is 0. The third kappa shape index (κ3) is 2.09. The van der Waals surface area contributed by atoms with Crippen molar-refractivity contribution in [1.29, 1.82) is 0 Å². The van der Waals surface area contributed by atoms with Crippen LogP contribution >= 0.6 is 0 Å². The summed E-state index contributed by atoms with van der Waals surface area (Å²) in [7, 11) is 0. The second-order valence-electron chi connectivity index (χ2n) is 9.21. The number of carbonyl (C=O) groups is 2. The van der Waals surface area contributed by atoms with Crippen molar-refractivity contribution in [2.24, 2.45) is 22.7 Å². The number of halogens is 2. The topological polar surface area (TPSA) is 74.6 Å². The third-order valence-corrected chi connectivity index (χ3v) is 8.41. The highest BCUT2D eigenvalue weighted by atomic mass is 19.1. The van der Waals surface area contributed by atoms with Crippen LogP contribution in [0.2, 0.25) is 0 Å². The molecule has 27 heavy (non-hydrogen) atoms. The first kappa shape index (κ1) is 18.9. The zero-order valence-corrected chi connectivity index (χ0v) is 15.7. The van der Waals surface area contributed by atoms with Gasteiger partial charge >= 0.3 is 0 Å². The van der Waals surface area contributed by atoms with Crippen molar-refractivity contribution in [3.8, 4) is 0 Å². The van der Waals surface area contributed by atoms with Gasteiger partial charge in [0.15, 0.2) is 11.6 Å². The Balaban J connectivity index is 1.79. The molecule has 0 saturated heterocycles. The molecule has 6 heteroatoms. The van der Waals surface area contributed by atoms with E-state index in [9.17, 15) is 19.8 Å². The molecule has 148 valence electrons. The van der Waals surface area contributed by atoms with E-state index in [1.165, 1.54) is 18.2 Å². The third-order valence-electron chi connectivity index (χ3n) is 8.41. The van der Waals surface area contributed by atoms with Crippen LogP contribution in [0.4, 0.5) is 8.78 Å². The molecule has 0 amide bonds. The van der Waals surface area contributed by atoms with Crippen LogP contribution in [0.25, 0.3) is 0 Å². The number of fused-ring (bicyclic) bond motifs is 5. The number of alkyl halides is 2. The smallest absolute Gasteiger partial charge is 0.190 e. The quantitative estimate of drug-likeness (QED) is 0.772. The molecule has 0 heterocycles. The molecule has 0 bridgehead atoms. The number of ketones is 2. The minimum Gasteiger partial charge on any atom is -0.388 e. The summed E-state index contributed by atoms with van der Waals surface area (Å²) in [5.41, 5.74) is -5.33. The molecule has 4 aliphatic carbocycles. The summed E-state index contributed by atoms with van der Waals surface area (Å²) in [5, 5.41) is 20.4. The van der Waals surface area contributed by atoms with Gasteiger partial charge in [-0.25, -0.2) is 8.78 Å². The first-order chi connectivity index (χ1) is 12.5. The van der Waals surface area contributed by atoms with Crippen LogP contribution in [0.15, 0.2) is 23.8 Å². The van der Waals surface area contributed by atoms with Crippen LogP contribution in [-0.4, -0.2) is 45.8 Å². The van der Waals surface area contributed by atoms with E-state index in [1.807, 2.05) is 0 Å². The minimum atomic E-state index is -1.74. The van der Waals surface area contributed by atoms with E-state index in [-0.39, 0.29) is 43.0 Å². The van der Waals surface area contributed by atoms with Crippen molar-refractivity contribution < 1.29 is 28.6 Å². The number of carbonyl (C=O) groups excluding carboxylic acids is 2. The molecule has 4 rings (SSSR count). The standard InChI is InChI=1S/C21H26F2O4/c1-18-5-3-12(25)9-15(18)16(22)10-14-13-4-6-21(27,17(26)11-24)19(13,2)7-8-20(14,18)23/h3,5,9,13-14,16,24,27H,4,6-8,10-11H2,1-2H3/t13?,14?,16-,18?,19?,20+,21?/m0/s1. The summed E-state index contributed by atoms with van der Waals surface area (Å²) >= 11 is 0. The highest BCUT2D eigenvalue weighted by molar-refractivity contribution is 6.01. The molecule has 0 spiro atoms. The Bertz CT molecular complexity index is 776. The molecule has 3 fully saturated rings. The molecule has 0 aliphatic heterocycles. The zero-order valence-electron chi connectivity index (χ0n) is 15.7. The van der Waals surface area contributed by atoms with Gasteiger partial charge in [0.25, 0.3) is 0 Å². The molecule has 3 saturated carbocycles. The van der Waals surface area contributed by atoms with Gasteiger partial charge in [-0.05, 0) is 62.7 Å². The van der Waals surface area contributed by atoms with E-state index < -0.39 is 46.6 Å². The molecule has 4 nitrogen and oxygen atoms in total. The highest BCUT2D eigenvalue weighted by Crippen LogP contribution is 2.69. The Kier molecular flexibility index (Phi) is 3.91. The molecule has 0 aromatic heterocycles. The number of hydrogen-bond acceptors (Lipinski definition) is 4. The van der Waals surface area contributed by atoms with Gasteiger partial charge in [-0.1, -0.05) is 13.0 Å². The van der Waals surface area contributed by atoms with Gasteiger partial charge in [0.05, 0.1) is 0 Å². The fourth-order valence-electron chi connectivity index (χ4n) is 6.68. The van der Waals surface area contributed by atoms with Crippen molar-refractivity contribution in [3.05, 3.63) is 23.8 Å². The Morgan fingerprint density at radius 2 is 1.96 bits per heavy atom. The SMILES string of the molecule is CC12CC[C@@]3(F)C(C[C@H](F)C4=CC(=O)C=CC43C)C1CCC2(O)C(=O)CO. The van der Waals surface area contributed by atoms with Gasteiger partial charge in [-0.3, -0.25) is 9.59 Å². The van der Waals surface area contributed by atoms with E-state index in [0.29, 0.717) is 6.42 Å². The number of aliphatic hydroxyl groups is 2. The molecule has 4 aliphatic rings. The predicted molar refractivity (Wildman–Crippen MR) is 94.3 cm³/mol. The molecule has 5 unspecified atom stereocenters. The highest BCUT2D eigenvalue weighted by Gasteiger charge is 2.72. The lowest BCUT2D eigenvalue weighted by molar-refractivity contribution is -0.181. The number of allylic oxidation sites excluding steroid dienone is 4. The van der Waals surface area contributed by atoms with Gasteiger partial charge in [0.2, 0.25) is 0 Å². The lowest BCUT2D eigenvalue weighted by Gasteiger charge is -2.61. The summed E-state index contributed by atoms with van der Waals surface area (Å²) in [5.74, 6) is -1.98. The van der Waals surface area contributed by atoms with Crippen molar-refractivity contribution in [2.75, 3.05) is 6.61 Å². The first-order valence-electron chi connectivity index (χ1n) is 9.68. The molecule has 2 N–H and O–H groups in total. The molecule has 0 aromatic carbocycles. The zero-order chi connectivity index (χ0) is 19.8. The van der Waals surface area contributed by atoms with E-state index in [0.717, 1.165) is 0 Å². The number of hydrogen-bond donors (Lipinski definition) is 2. The second kappa shape index (κ2) is 5.57. The first-order valence-corrected chi connectivity index (χ1v) is 9.68. The summed E-state index contributed by atoms with van der Waals surface area (Å²) < 4.78 is 31.7. The van der Waals surface area contributed by atoms with E-state index in [2.05, 4.69) is 0 Å². The van der Waals surface area contributed by atoms with E-state index in [1.54, 1.807) is 13.8 Å². The number of Topliss-reactive ketones (excluding diaryl/α,β-unsaturated/α-hetero) is 1. The maximum absolute atomic E-state index is 16.6. The second-order valence-corrected chi connectivity index (χ2v) is 9.21. The van der Waals surface area contributed by atoms with Crippen LogP contribution < -0.4 is 0 Å². The van der Waals surface area contributed by atoms with Crippen LogP contribution in [0, 0.1) is 22.7 Å². The van der Waals surface area contributed by atoms with E-state index in [4.69, 9.17) is 0 Å². The van der Waals surface area contributed by atoms with Crippen molar-refractivity contribution >= 4 is 11.6 Å². The maximum atomic E-state index is 16.6. The lowest BCUT2D eigenvalue weighted by atomic mass is 9.45. The van der Waals surface area contributed by atoms with Crippen LogP contribution in [0.5, 0.6) is 0 Å². The van der Waals surface area contributed by atoms with E-state index >= 15 is 8.78 Å². The predicted octanol–water partition coefficient (Wildman–Crippen LogP) is 2.63. The molecular weight excluding hydrogens is 354 g/mol. The Morgan fingerprint density at radius 1 is 1.26 bits per heavy atom. The van der Waals surface area contributed by atoms with Crippen LogP contribution in [0.3, 0.4) is 0 Å².